The summed E-state index contributed by atoms with van der Waals surface area (Å²) in [7, 11) is 0. The van der Waals surface area contributed by atoms with Gasteiger partial charge < -0.3 is 10.1 Å². The van der Waals surface area contributed by atoms with Gasteiger partial charge in [0.25, 0.3) is 5.91 Å². The van der Waals surface area contributed by atoms with E-state index in [-0.39, 0.29) is 24.0 Å². The fourth-order valence-electron chi connectivity index (χ4n) is 3.61. The Labute approximate surface area is 170 Å². The zero-order chi connectivity index (χ0) is 20.6. The van der Waals surface area contributed by atoms with Gasteiger partial charge in [-0.25, -0.2) is 0 Å². The average Bonchev–Trinajstić information content (AvgIpc) is 2.73. The van der Waals surface area contributed by atoms with Crippen LogP contribution in [0.5, 0.6) is 5.75 Å². The van der Waals surface area contributed by atoms with Crippen LogP contribution in [0.25, 0.3) is 0 Å². The SMILES string of the molecule is CC1CCCCN1Cc1ccccc1CNC(=O)COc1ccccc1[N+](=O)[O-]. The van der Waals surface area contributed by atoms with Crippen molar-refractivity contribution in [3.8, 4) is 5.75 Å². The molecule has 1 saturated heterocycles. The Kier molecular flexibility index (Phi) is 7.19. The molecule has 0 aromatic heterocycles. The maximum absolute atomic E-state index is 12.2. The van der Waals surface area contributed by atoms with Crippen molar-refractivity contribution in [1.82, 2.24) is 10.2 Å². The summed E-state index contributed by atoms with van der Waals surface area (Å²) in [6, 6.07) is 14.7. The van der Waals surface area contributed by atoms with E-state index >= 15 is 0 Å². The van der Waals surface area contributed by atoms with Crippen molar-refractivity contribution in [3.05, 3.63) is 69.8 Å². The minimum absolute atomic E-state index is 0.0899. The van der Waals surface area contributed by atoms with E-state index in [4.69, 9.17) is 4.74 Å². The Morgan fingerprint density at radius 2 is 1.90 bits per heavy atom. The zero-order valence-corrected chi connectivity index (χ0v) is 16.7. The van der Waals surface area contributed by atoms with Gasteiger partial charge in [0.15, 0.2) is 12.4 Å². The van der Waals surface area contributed by atoms with Gasteiger partial charge in [-0.2, -0.15) is 0 Å². The normalized spacial score (nSPS) is 16.9. The van der Waals surface area contributed by atoms with Gasteiger partial charge in [0.1, 0.15) is 0 Å². The van der Waals surface area contributed by atoms with E-state index in [1.165, 1.54) is 37.0 Å². The molecule has 1 atom stereocenters. The highest BCUT2D eigenvalue weighted by atomic mass is 16.6. The summed E-state index contributed by atoms with van der Waals surface area (Å²) in [6.45, 7) is 4.38. The van der Waals surface area contributed by atoms with E-state index in [2.05, 4.69) is 23.2 Å². The Morgan fingerprint density at radius 3 is 2.66 bits per heavy atom. The number of para-hydroxylation sites is 2. The number of amides is 1. The Morgan fingerprint density at radius 1 is 1.17 bits per heavy atom. The number of nitro groups is 1. The molecule has 3 rings (SSSR count). The Balaban J connectivity index is 1.55. The van der Waals surface area contributed by atoms with Crippen LogP contribution in [0.3, 0.4) is 0 Å². The maximum Gasteiger partial charge on any atom is 0.310 e. The van der Waals surface area contributed by atoms with Crippen molar-refractivity contribution in [2.45, 2.75) is 45.3 Å². The molecule has 2 aromatic carbocycles. The molecule has 1 unspecified atom stereocenters. The molecule has 1 N–H and O–H groups in total. The van der Waals surface area contributed by atoms with Crippen LogP contribution in [-0.4, -0.2) is 34.9 Å². The molecule has 7 heteroatoms. The van der Waals surface area contributed by atoms with E-state index < -0.39 is 4.92 Å². The highest BCUT2D eigenvalue weighted by molar-refractivity contribution is 5.77. The molecule has 1 heterocycles. The minimum Gasteiger partial charge on any atom is -0.477 e. The lowest BCUT2D eigenvalue weighted by Crippen LogP contribution is -2.37. The summed E-state index contributed by atoms with van der Waals surface area (Å²) in [5.74, 6) is -0.226. The van der Waals surface area contributed by atoms with Crippen LogP contribution >= 0.6 is 0 Å². The second-order valence-corrected chi connectivity index (χ2v) is 7.37. The van der Waals surface area contributed by atoms with E-state index in [9.17, 15) is 14.9 Å². The van der Waals surface area contributed by atoms with E-state index in [1.54, 1.807) is 12.1 Å². The number of nitrogens with one attached hydrogen (secondary N) is 1. The smallest absolute Gasteiger partial charge is 0.310 e. The van der Waals surface area contributed by atoms with E-state index in [0.29, 0.717) is 12.6 Å². The largest absolute Gasteiger partial charge is 0.477 e. The monoisotopic (exact) mass is 397 g/mol. The third kappa shape index (κ3) is 5.77. The van der Waals surface area contributed by atoms with E-state index in [0.717, 1.165) is 18.7 Å². The summed E-state index contributed by atoms with van der Waals surface area (Å²) in [4.78, 5) is 25.2. The number of likely N-dealkylation sites (tertiary alicyclic amines) is 1. The second kappa shape index (κ2) is 10.0. The predicted molar refractivity (Wildman–Crippen MR) is 111 cm³/mol. The summed E-state index contributed by atoms with van der Waals surface area (Å²) in [5.41, 5.74) is 2.13. The van der Waals surface area contributed by atoms with Gasteiger partial charge in [-0.15, -0.1) is 0 Å². The van der Waals surface area contributed by atoms with Crippen LogP contribution < -0.4 is 10.1 Å². The second-order valence-electron chi connectivity index (χ2n) is 7.37. The summed E-state index contributed by atoms with van der Waals surface area (Å²) in [5, 5.41) is 13.9. The first-order valence-electron chi connectivity index (χ1n) is 9.98. The molecule has 2 aromatic rings. The number of nitro benzene ring substituents is 1. The number of ether oxygens (including phenoxy) is 1. The summed E-state index contributed by atoms with van der Waals surface area (Å²) in [6.07, 6.45) is 3.74. The third-order valence-electron chi connectivity index (χ3n) is 5.33. The molecular formula is C22H27N3O4. The Bertz CT molecular complexity index is 855. The first kappa shape index (κ1) is 20.8. The predicted octanol–water partition coefficient (Wildman–Crippen LogP) is 3.66. The molecule has 29 heavy (non-hydrogen) atoms. The van der Waals surface area contributed by atoms with Crippen molar-refractivity contribution in [2.75, 3.05) is 13.2 Å². The molecule has 1 fully saturated rings. The fraction of sp³-hybridized carbons (Fsp3) is 0.409. The summed E-state index contributed by atoms with van der Waals surface area (Å²) >= 11 is 0. The van der Waals surface area contributed by atoms with Gasteiger partial charge in [0.2, 0.25) is 0 Å². The minimum atomic E-state index is -0.523. The fourth-order valence-corrected chi connectivity index (χ4v) is 3.61. The molecule has 1 aliphatic heterocycles. The maximum atomic E-state index is 12.2. The molecule has 0 saturated carbocycles. The van der Waals surface area contributed by atoms with Gasteiger partial charge in [-0.1, -0.05) is 42.8 Å². The van der Waals surface area contributed by atoms with Gasteiger partial charge in [0.05, 0.1) is 4.92 Å². The molecule has 1 amide bonds. The van der Waals surface area contributed by atoms with Gasteiger partial charge >= 0.3 is 5.69 Å². The quantitative estimate of drug-likeness (QED) is 0.543. The zero-order valence-electron chi connectivity index (χ0n) is 16.7. The van der Waals surface area contributed by atoms with Crippen molar-refractivity contribution >= 4 is 11.6 Å². The number of carbonyl (C=O) groups is 1. The number of rotatable bonds is 8. The Hall–Kier alpha value is -2.93. The van der Waals surface area contributed by atoms with Crippen LogP contribution in [0.2, 0.25) is 0 Å². The van der Waals surface area contributed by atoms with Gasteiger partial charge in [-0.3, -0.25) is 19.8 Å². The van der Waals surface area contributed by atoms with Crippen LogP contribution in [0.4, 0.5) is 5.69 Å². The standard InChI is InChI=1S/C22H27N3O4/c1-17-8-6-7-13-24(17)15-19-10-3-2-9-18(19)14-23-22(26)16-29-21-12-5-4-11-20(21)25(27)28/h2-5,9-12,17H,6-8,13-16H2,1H3,(H,23,26). The molecule has 0 spiro atoms. The highest BCUT2D eigenvalue weighted by Crippen LogP contribution is 2.25. The molecule has 0 bridgehead atoms. The molecule has 1 aliphatic rings. The van der Waals surface area contributed by atoms with Gasteiger partial charge in [0, 0.05) is 25.2 Å². The van der Waals surface area contributed by atoms with Crippen LogP contribution in [0, 0.1) is 10.1 Å². The third-order valence-corrected chi connectivity index (χ3v) is 5.33. The number of benzene rings is 2. The lowest BCUT2D eigenvalue weighted by Gasteiger charge is -2.33. The molecule has 0 aliphatic carbocycles. The van der Waals surface area contributed by atoms with Crippen LogP contribution in [-0.2, 0) is 17.9 Å². The number of piperidine rings is 1. The lowest BCUT2D eigenvalue weighted by molar-refractivity contribution is -0.385. The summed E-state index contributed by atoms with van der Waals surface area (Å²) < 4.78 is 5.35. The van der Waals surface area contributed by atoms with Crippen LogP contribution in [0.1, 0.15) is 37.3 Å². The number of nitrogens with zero attached hydrogens (tertiary/aromatic N) is 2. The van der Waals surface area contributed by atoms with E-state index in [1.807, 2.05) is 18.2 Å². The number of hydrogen-bond acceptors (Lipinski definition) is 5. The highest BCUT2D eigenvalue weighted by Gasteiger charge is 2.19. The van der Waals surface area contributed by atoms with Gasteiger partial charge in [-0.05, 0) is 43.5 Å². The number of carbonyl (C=O) groups excluding carboxylic acids is 1. The lowest BCUT2D eigenvalue weighted by atomic mass is 10.0. The molecule has 154 valence electrons. The molecule has 0 radical (unpaired) electrons. The average molecular weight is 397 g/mol. The van der Waals surface area contributed by atoms with Crippen molar-refractivity contribution in [2.24, 2.45) is 0 Å². The molecule has 7 nitrogen and oxygen atoms in total. The first-order chi connectivity index (χ1) is 14.0. The van der Waals surface area contributed by atoms with Crippen molar-refractivity contribution < 1.29 is 14.5 Å². The topological polar surface area (TPSA) is 84.7 Å². The van der Waals surface area contributed by atoms with Crippen molar-refractivity contribution in [3.63, 3.8) is 0 Å². The number of hydrogen-bond donors (Lipinski definition) is 1. The van der Waals surface area contributed by atoms with Crippen molar-refractivity contribution in [1.29, 1.82) is 0 Å². The first-order valence-corrected chi connectivity index (χ1v) is 9.98. The van der Waals surface area contributed by atoms with Crippen LogP contribution in [0.15, 0.2) is 48.5 Å². The molecular weight excluding hydrogens is 370 g/mol.